The van der Waals surface area contributed by atoms with Gasteiger partial charge in [0.1, 0.15) is 5.54 Å². The molecule has 2 heterocycles. The zero-order valence-corrected chi connectivity index (χ0v) is 16.8. The van der Waals surface area contributed by atoms with Crippen LogP contribution in [-0.4, -0.2) is 33.4 Å². The third-order valence-electron chi connectivity index (χ3n) is 5.55. The van der Waals surface area contributed by atoms with Crippen molar-refractivity contribution >= 4 is 28.7 Å². The summed E-state index contributed by atoms with van der Waals surface area (Å²) < 4.78 is 0. The Bertz CT molecular complexity index is 1090. The van der Waals surface area contributed by atoms with Crippen LogP contribution in [0.1, 0.15) is 30.9 Å². The molecular formula is C23H24N4O3. The highest BCUT2D eigenvalue weighted by Gasteiger charge is 2.48. The molecule has 4 amide bonds. The topological polar surface area (TPSA) is 94.3 Å². The van der Waals surface area contributed by atoms with Crippen molar-refractivity contribution in [2.45, 2.75) is 38.1 Å². The first-order chi connectivity index (χ1) is 14.5. The SMILES string of the molecule is CC1(CCc2ccccc2)NC(=O)N(NC(=O)CCc2c[nH]c3ccccc23)C1=O. The molecule has 3 N–H and O–H groups in total. The van der Waals surface area contributed by atoms with Gasteiger partial charge in [-0.05, 0) is 43.4 Å². The van der Waals surface area contributed by atoms with Gasteiger partial charge in [0.05, 0.1) is 0 Å². The number of urea groups is 1. The summed E-state index contributed by atoms with van der Waals surface area (Å²) >= 11 is 0. The van der Waals surface area contributed by atoms with Crippen LogP contribution < -0.4 is 10.7 Å². The van der Waals surface area contributed by atoms with Crippen molar-refractivity contribution in [1.29, 1.82) is 0 Å². The Labute approximate surface area is 174 Å². The third kappa shape index (κ3) is 3.91. The van der Waals surface area contributed by atoms with Gasteiger partial charge in [0.25, 0.3) is 5.91 Å². The predicted octanol–water partition coefficient (Wildman–Crippen LogP) is 3.08. The number of aromatic nitrogens is 1. The average molecular weight is 404 g/mol. The van der Waals surface area contributed by atoms with E-state index in [9.17, 15) is 14.4 Å². The van der Waals surface area contributed by atoms with Crippen molar-refractivity contribution in [1.82, 2.24) is 20.7 Å². The fourth-order valence-electron chi connectivity index (χ4n) is 3.76. The van der Waals surface area contributed by atoms with Crippen LogP contribution in [0.15, 0.2) is 60.8 Å². The number of carbonyl (C=O) groups is 3. The Kier molecular flexibility index (Phi) is 5.27. The van der Waals surface area contributed by atoms with Gasteiger partial charge in [-0.3, -0.25) is 15.0 Å². The quantitative estimate of drug-likeness (QED) is 0.528. The van der Waals surface area contributed by atoms with E-state index in [0.717, 1.165) is 27.0 Å². The van der Waals surface area contributed by atoms with Gasteiger partial charge in [-0.1, -0.05) is 48.5 Å². The van der Waals surface area contributed by atoms with Gasteiger partial charge in [-0.15, -0.1) is 0 Å². The van der Waals surface area contributed by atoms with Crippen LogP contribution in [0.4, 0.5) is 4.79 Å². The molecular weight excluding hydrogens is 380 g/mol. The fraction of sp³-hybridized carbons (Fsp3) is 0.261. The summed E-state index contributed by atoms with van der Waals surface area (Å²) in [4.78, 5) is 40.7. The van der Waals surface area contributed by atoms with Gasteiger partial charge in [-0.2, -0.15) is 5.01 Å². The van der Waals surface area contributed by atoms with E-state index in [0.29, 0.717) is 19.3 Å². The summed E-state index contributed by atoms with van der Waals surface area (Å²) in [6.07, 6.45) is 3.64. The summed E-state index contributed by atoms with van der Waals surface area (Å²) in [7, 11) is 0. The minimum Gasteiger partial charge on any atom is -0.361 e. The molecule has 0 aliphatic carbocycles. The number of nitrogens with zero attached hydrogens (tertiary/aromatic N) is 1. The maximum Gasteiger partial charge on any atom is 0.344 e. The lowest BCUT2D eigenvalue weighted by atomic mass is 9.93. The number of H-pyrrole nitrogens is 1. The van der Waals surface area contributed by atoms with Crippen LogP contribution in [0.5, 0.6) is 0 Å². The first kappa shape index (κ1) is 19.7. The van der Waals surface area contributed by atoms with Crippen molar-refractivity contribution in [3.8, 4) is 0 Å². The fourth-order valence-corrected chi connectivity index (χ4v) is 3.76. The Morgan fingerprint density at radius 1 is 1.03 bits per heavy atom. The number of aryl methyl sites for hydroxylation is 2. The first-order valence-corrected chi connectivity index (χ1v) is 10.0. The molecule has 1 saturated heterocycles. The maximum atomic E-state index is 12.8. The van der Waals surface area contributed by atoms with E-state index in [2.05, 4.69) is 15.7 Å². The number of benzene rings is 2. The summed E-state index contributed by atoms with van der Waals surface area (Å²) in [5, 5.41) is 4.59. The number of hydrogen-bond donors (Lipinski definition) is 3. The molecule has 0 radical (unpaired) electrons. The van der Waals surface area contributed by atoms with Gasteiger partial charge < -0.3 is 10.3 Å². The Morgan fingerprint density at radius 2 is 1.77 bits per heavy atom. The number of aromatic amines is 1. The van der Waals surface area contributed by atoms with Crippen molar-refractivity contribution in [2.24, 2.45) is 0 Å². The average Bonchev–Trinajstić information content (AvgIpc) is 3.26. The Balaban J connectivity index is 1.35. The van der Waals surface area contributed by atoms with E-state index >= 15 is 0 Å². The van der Waals surface area contributed by atoms with Crippen molar-refractivity contribution in [3.05, 3.63) is 71.9 Å². The van der Waals surface area contributed by atoms with Crippen molar-refractivity contribution in [2.75, 3.05) is 0 Å². The first-order valence-electron chi connectivity index (χ1n) is 10.0. The molecule has 2 aromatic carbocycles. The van der Waals surface area contributed by atoms with E-state index in [1.165, 1.54) is 0 Å². The largest absolute Gasteiger partial charge is 0.361 e. The van der Waals surface area contributed by atoms with E-state index in [-0.39, 0.29) is 12.3 Å². The van der Waals surface area contributed by atoms with Gasteiger partial charge in [0, 0.05) is 23.5 Å². The van der Waals surface area contributed by atoms with Crippen LogP contribution in [-0.2, 0) is 22.4 Å². The van der Waals surface area contributed by atoms with Crippen LogP contribution in [0.2, 0.25) is 0 Å². The van der Waals surface area contributed by atoms with Crippen molar-refractivity contribution < 1.29 is 14.4 Å². The minimum atomic E-state index is -1.04. The van der Waals surface area contributed by atoms with Crippen LogP contribution >= 0.6 is 0 Å². The molecule has 1 atom stereocenters. The monoisotopic (exact) mass is 404 g/mol. The minimum absolute atomic E-state index is 0.166. The van der Waals surface area contributed by atoms with Gasteiger partial charge in [0.2, 0.25) is 5.91 Å². The molecule has 7 nitrogen and oxygen atoms in total. The molecule has 7 heteroatoms. The highest BCUT2D eigenvalue weighted by Crippen LogP contribution is 2.23. The molecule has 1 aliphatic rings. The normalized spacial score (nSPS) is 18.6. The highest BCUT2D eigenvalue weighted by molar-refractivity contribution is 6.07. The summed E-state index contributed by atoms with van der Waals surface area (Å²) in [6, 6.07) is 17.0. The number of nitrogens with one attached hydrogen (secondary N) is 3. The molecule has 1 fully saturated rings. The number of imide groups is 1. The summed E-state index contributed by atoms with van der Waals surface area (Å²) in [5.74, 6) is -0.819. The van der Waals surface area contributed by atoms with Gasteiger partial charge >= 0.3 is 6.03 Å². The number of rotatable bonds is 7. The third-order valence-corrected chi connectivity index (χ3v) is 5.55. The van der Waals surface area contributed by atoms with E-state index < -0.39 is 17.5 Å². The van der Waals surface area contributed by atoms with Crippen LogP contribution in [0.3, 0.4) is 0 Å². The van der Waals surface area contributed by atoms with E-state index in [4.69, 9.17) is 0 Å². The van der Waals surface area contributed by atoms with Crippen LogP contribution in [0.25, 0.3) is 10.9 Å². The zero-order valence-electron chi connectivity index (χ0n) is 16.8. The number of fused-ring (bicyclic) bond motifs is 1. The van der Waals surface area contributed by atoms with Crippen LogP contribution in [0, 0.1) is 0 Å². The molecule has 1 aliphatic heterocycles. The lowest BCUT2D eigenvalue weighted by Gasteiger charge is -2.21. The second-order valence-electron chi connectivity index (χ2n) is 7.78. The second-order valence-corrected chi connectivity index (χ2v) is 7.78. The molecule has 0 saturated carbocycles. The number of hydrogen-bond acceptors (Lipinski definition) is 3. The lowest BCUT2D eigenvalue weighted by Crippen LogP contribution is -2.49. The number of amides is 4. The number of carbonyl (C=O) groups excluding carboxylic acids is 3. The van der Waals surface area contributed by atoms with Gasteiger partial charge in [-0.25, -0.2) is 4.79 Å². The highest BCUT2D eigenvalue weighted by atomic mass is 16.2. The predicted molar refractivity (Wildman–Crippen MR) is 113 cm³/mol. The Hall–Kier alpha value is -3.61. The number of para-hydroxylation sites is 1. The summed E-state index contributed by atoms with van der Waals surface area (Å²) in [6.45, 7) is 1.69. The molecule has 30 heavy (non-hydrogen) atoms. The van der Waals surface area contributed by atoms with Crippen molar-refractivity contribution in [3.63, 3.8) is 0 Å². The zero-order chi connectivity index (χ0) is 21.1. The smallest absolute Gasteiger partial charge is 0.344 e. The van der Waals surface area contributed by atoms with Gasteiger partial charge in [0.15, 0.2) is 0 Å². The molecule has 3 aromatic rings. The molecule has 0 bridgehead atoms. The standard InChI is InChI=1S/C23H24N4O3/c1-23(14-13-16-7-3-2-4-8-16)21(29)27(22(30)25-23)26-20(28)12-11-17-15-24-19-10-6-5-9-18(17)19/h2-10,15,24H,11-14H2,1H3,(H,25,30)(H,26,28). The Morgan fingerprint density at radius 3 is 2.57 bits per heavy atom. The second kappa shape index (κ2) is 8.02. The van der Waals surface area contributed by atoms with E-state index in [1.807, 2.05) is 60.8 Å². The molecule has 0 spiro atoms. The molecule has 1 unspecified atom stereocenters. The maximum absolute atomic E-state index is 12.8. The van der Waals surface area contributed by atoms with E-state index in [1.54, 1.807) is 6.92 Å². The molecule has 1 aromatic heterocycles. The molecule has 154 valence electrons. The summed E-state index contributed by atoms with van der Waals surface area (Å²) in [5.41, 5.74) is 4.53. The molecule has 4 rings (SSSR count). The number of hydrazine groups is 1. The lowest BCUT2D eigenvalue weighted by molar-refractivity contribution is -0.138.